The van der Waals surface area contributed by atoms with Gasteiger partial charge in [-0.3, -0.25) is 0 Å². The summed E-state index contributed by atoms with van der Waals surface area (Å²) in [6, 6.07) is 6.50. The van der Waals surface area contributed by atoms with Crippen LogP contribution in [0.4, 0.5) is 4.39 Å². The van der Waals surface area contributed by atoms with Crippen LogP contribution in [0.3, 0.4) is 0 Å². The molecule has 2 rings (SSSR count). The van der Waals surface area contributed by atoms with E-state index in [1.807, 2.05) is 5.38 Å². The molecule has 1 aromatic heterocycles. The van der Waals surface area contributed by atoms with E-state index in [1.165, 1.54) is 17.4 Å². The summed E-state index contributed by atoms with van der Waals surface area (Å²) in [5.74, 6) is -0.622. The molecule has 1 unspecified atom stereocenters. The van der Waals surface area contributed by atoms with Gasteiger partial charge < -0.3 is 4.79 Å². The zero-order valence-corrected chi connectivity index (χ0v) is 9.28. The topological polar surface area (TPSA) is 30.0 Å². The predicted molar refractivity (Wildman–Crippen MR) is 61.0 cm³/mol. The summed E-state index contributed by atoms with van der Waals surface area (Å²) in [5, 5.41) is 2.55. The molecule has 4 heteroatoms. The Labute approximate surface area is 96.8 Å². The standard InChI is InChI=1S/C12H10FNOS/c13-11-4-2-1-3-9(11)7-10(8-15)12-14-5-6-16-12/h1-6,8,10H,7H2. The van der Waals surface area contributed by atoms with Crippen LogP contribution in [0.1, 0.15) is 16.5 Å². The minimum atomic E-state index is -0.350. The van der Waals surface area contributed by atoms with E-state index in [1.54, 1.807) is 24.4 Å². The second-order valence-electron chi connectivity index (χ2n) is 3.41. The number of thiazole rings is 1. The van der Waals surface area contributed by atoms with Crippen molar-refractivity contribution in [2.24, 2.45) is 0 Å². The predicted octanol–water partition coefficient (Wildman–Crippen LogP) is 2.81. The third-order valence-electron chi connectivity index (χ3n) is 2.33. The average Bonchev–Trinajstić information content (AvgIpc) is 2.81. The van der Waals surface area contributed by atoms with Gasteiger partial charge in [-0.2, -0.15) is 0 Å². The average molecular weight is 235 g/mol. The Morgan fingerprint density at radius 1 is 1.44 bits per heavy atom. The molecule has 82 valence electrons. The van der Waals surface area contributed by atoms with E-state index in [4.69, 9.17) is 0 Å². The van der Waals surface area contributed by atoms with Gasteiger partial charge in [-0.25, -0.2) is 9.37 Å². The Bertz CT molecular complexity index is 470. The molecule has 0 saturated heterocycles. The minimum absolute atomic E-state index is 0.272. The van der Waals surface area contributed by atoms with Crippen LogP contribution in [0.25, 0.3) is 0 Å². The Morgan fingerprint density at radius 2 is 2.25 bits per heavy atom. The van der Waals surface area contributed by atoms with Crippen LogP contribution in [0.2, 0.25) is 0 Å². The number of carbonyl (C=O) groups excluding carboxylic acids is 1. The highest BCUT2D eigenvalue weighted by Gasteiger charge is 2.15. The maximum Gasteiger partial charge on any atom is 0.130 e. The van der Waals surface area contributed by atoms with Crippen molar-refractivity contribution < 1.29 is 9.18 Å². The Morgan fingerprint density at radius 3 is 2.88 bits per heavy atom. The van der Waals surface area contributed by atoms with Gasteiger partial charge in [0.2, 0.25) is 0 Å². The maximum absolute atomic E-state index is 13.4. The number of carbonyl (C=O) groups is 1. The van der Waals surface area contributed by atoms with E-state index in [-0.39, 0.29) is 11.7 Å². The molecule has 0 spiro atoms. The van der Waals surface area contributed by atoms with E-state index in [2.05, 4.69) is 4.98 Å². The van der Waals surface area contributed by atoms with E-state index < -0.39 is 0 Å². The molecule has 1 aromatic carbocycles. The van der Waals surface area contributed by atoms with Gasteiger partial charge in [0.25, 0.3) is 0 Å². The monoisotopic (exact) mass is 235 g/mol. The van der Waals surface area contributed by atoms with Crippen LogP contribution in [0, 0.1) is 5.82 Å². The molecule has 0 amide bonds. The van der Waals surface area contributed by atoms with Crippen LogP contribution in [-0.2, 0) is 11.2 Å². The normalized spacial score (nSPS) is 12.3. The number of benzene rings is 1. The highest BCUT2D eigenvalue weighted by atomic mass is 32.1. The fraction of sp³-hybridized carbons (Fsp3) is 0.167. The molecular formula is C12H10FNOS. The Balaban J connectivity index is 2.20. The van der Waals surface area contributed by atoms with E-state index in [0.717, 1.165) is 11.3 Å². The molecule has 16 heavy (non-hydrogen) atoms. The van der Waals surface area contributed by atoms with E-state index in [0.29, 0.717) is 12.0 Å². The smallest absolute Gasteiger partial charge is 0.130 e. The maximum atomic E-state index is 13.4. The number of nitrogens with zero attached hydrogens (tertiary/aromatic N) is 1. The zero-order chi connectivity index (χ0) is 11.4. The van der Waals surface area contributed by atoms with Crippen molar-refractivity contribution in [3.05, 3.63) is 52.2 Å². The molecule has 0 aliphatic carbocycles. The van der Waals surface area contributed by atoms with Crippen molar-refractivity contribution in [3.8, 4) is 0 Å². The lowest BCUT2D eigenvalue weighted by Crippen LogP contribution is -2.05. The highest BCUT2D eigenvalue weighted by Crippen LogP contribution is 2.22. The number of aromatic nitrogens is 1. The van der Waals surface area contributed by atoms with Crippen molar-refractivity contribution >= 4 is 17.6 Å². The summed E-state index contributed by atoms with van der Waals surface area (Å²) in [6.07, 6.45) is 2.84. The number of rotatable bonds is 4. The summed E-state index contributed by atoms with van der Waals surface area (Å²) in [7, 11) is 0. The van der Waals surface area contributed by atoms with Crippen LogP contribution < -0.4 is 0 Å². The van der Waals surface area contributed by atoms with Crippen LogP contribution in [0.5, 0.6) is 0 Å². The molecule has 0 aliphatic rings. The zero-order valence-electron chi connectivity index (χ0n) is 8.47. The van der Waals surface area contributed by atoms with Gasteiger partial charge in [-0.05, 0) is 18.1 Å². The van der Waals surface area contributed by atoms with Gasteiger partial charge in [0.15, 0.2) is 0 Å². The molecule has 0 aliphatic heterocycles. The first-order chi connectivity index (χ1) is 7.81. The first-order valence-electron chi connectivity index (χ1n) is 4.89. The number of aldehydes is 1. The molecule has 0 fully saturated rings. The van der Waals surface area contributed by atoms with Gasteiger partial charge in [0.05, 0.1) is 5.92 Å². The molecule has 0 N–H and O–H groups in total. The molecule has 0 radical (unpaired) electrons. The fourth-order valence-electron chi connectivity index (χ4n) is 1.51. The van der Waals surface area contributed by atoms with Crippen molar-refractivity contribution in [2.75, 3.05) is 0 Å². The SMILES string of the molecule is O=CC(Cc1ccccc1F)c1nccs1. The second-order valence-corrected chi connectivity index (χ2v) is 4.33. The lowest BCUT2D eigenvalue weighted by atomic mass is 10.0. The molecule has 2 nitrogen and oxygen atoms in total. The lowest BCUT2D eigenvalue weighted by Gasteiger charge is -2.07. The second kappa shape index (κ2) is 4.99. The highest BCUT2D eigenvalue weighted by molar-refractivity contribution is 7.09. The van der Waals surface area contributed by atoms with Gasteiger partial charge >= 0.3 is 0 Å². The molecular weight excluding hydrogens is 225 g/mol. The van der Waals surface area contributed by atoms with Crippen molar-refractivity contribution in [3.63, 3.8) is 0 Å². The van der Waals surface area contributed by atoms with Crippen LogP contribution >= 0.6 is 11.3 Å². The van der Waals surface area contributed by atoms with Gasteiger partial charge in [-0.1, -0.05) is 18.2 Å². The molecule has 1 heterocycles. The largest absolute Gasteiger partial charge is 0.303 e. The van der Waals surface area contributed by atoms with Crippen LogP contribution in [-0.4, -0.2) is 11.3 Å². The van der Waals surface area contributed by atoms with Crippen LogP contribution in [0.15, 0.2) is 35.8 Å². The first kappa shape index (κ1) is 11.0. The summed E-state index contributed by atoms with van der Waals surface area (Å²) in [4.78, 5) is 15.0. The van der Waals surface area contributed by atoms with E-state index in [9.17, 15) is 9.18 Å². The van der Waals surface area contributed by atoms with Gasteiger partial charge in [-0.15, -0.1) is 11.3 Å². The number of halogens is 1. The molecule has 1 atom stereocenters. The molecule has 2 aromatic rings. The lowest BCUT2D eigenvalue weighted by molar-refractivity contribution is -0.109. The minimum Gasteiger partial charge on any atom is -0.303 e. The Hall–Kier alpha value is -1.55. The van der Waals surface area contributed by atoms with E-state index >= 15 is 0 Å². The van der Waals surface area contributed by atoms with Gasteiger partial charge in [0, 0.05) is 11.6 Å². The summed E-state index contributed by atoms with van der Waals surface area (Å²) >= 11 is 1.42. The van der Waals surface area contributed by atoms with Crippen molar-refractivity contribution in [1.29, 1.82) is 0 Å². The van der Waals surface area contributed by atoms with Crippen molar-refractivity contribution in [2.45, 2.75) is 12.3 Å². The first-order valence-corrected chi connectivity index (χ1v) is 5.77. The summed E-state index contributed by atoms with van der Waals surface area (Å²) in [6.45, 7) is 0. The molecule has 0 saturated carbocycles. The third-order valence-corrected chi connectivity index (χ3v) is 3.24. The third kappa shape index (κ3) is 2.33. The quantitative estimate of drug-likeness (QED) is 0.763. The number of hydrogen-bond acceptors (Lipinski definition) is 3. The summed E-state index contributed by atoms with van der Waals surface area (Å²) < 4.78 is 13.4. The fourth-order valence-corrected chi connectivity index (χ4v) is 2.21. The Kier molecular flexibility index (Phi) is 3.41. The van der Waals surface area contributed by atoms with Gasteiger partial charge in [0.1, 0.15) is 17.1 Å². The number of hydrogen-bond donors (Lipinski definition) is 0. The summed E-state index contributed by atoms with van der Waals surface area (Å²) in [5.41, 5.74) is 0.551. The molecule has 0 bridgehead atoms. The van der Waals surface area contributed by atoms with Crippen molar-refractivity contribution in [1.82, 2.24) is 4.98 Å².